The van der Waals surface area contributed by atoms with Crippen molar-refractivity contribution in [1.29, 1.82) is 0 Å². The van der Waals surface area contributed by atoms with Crippen molar-refractivity contribution in [3.05, 3.63) is 58.0 Å². The van der Waals surface area contributed by atoms with E-state index in [1.807, 2.05) is 24.3 Å². The van der Waals surface area contributed by atoms with E-state index in [0.717, 1.165) is 17.7 Å². The number of halogens is 1. The van der Waals surface area contributed by atoms with E-state index in [2.05, 4.69) is 35.0 Å². The Hall–Kier alpha value is -1.06. The second kappa shape index (κ2) is 4.85. The first-order chi connectivity index (χ1) is 7.70. The van der Waals surface area contributed by atoms with Crippen LogP contribution in [0.1, 0.15) is 29.9 Å². The summed E-state index contributed by atoms with van der Waals surface area (Å²) in [5.74, 6) is 0.778. The molecule has 0 saturated heterocycles. The van der Waals surface area contributed by atoms with E-state index in [9.17, 15) is 0 Å². The van der Waals surface area contributed by atoms with Gasteiger partial charge in [-0.15, -0.1) is 0 Å². The van der Waals surface area contributed by atoms with Gasteiger partial charge < -0.3 is 10.2 Å². The number of benzene rings is 1. The van der Waals surface area contributed by atoms with Crippen molar-refractivity contribution < 1.29 is 4.42 Å². The number of aryl methyl sites for hydroxylation is 1. The van der Waals surface area contributed by atoms with E-state index in [0.29, 0.717) is 4.67 Å². The molecule has 1 aromatic heterocycles. The monoisotopic (exact) mass is 279 g/mol. The van der Waals surface area contributed by atoms with Crippen LogP contribution in [0.25, 0.3) is 0 Å². The minimum Gasteiger partial charge on any atom is -0.452 e. The van der Waals surface area contributed by atoms with Crippen LogP contribution in [-0.2, 0) is 6.42 Å². The van der Waals surface area contributed by atoms with Gasteiger partial charge in [0, 0.05) is 0 Å². The minimum absolute atomic E-state index is 0.196. The van der Waals surface area contributed by atoms with Crippen LogP contribution in [0.3, 0.4) is 0 Å². The van der Waals surface area contributed by atoms with Crippen LogP contribution in [0, 0.1) is 0 Å². The SMILES string of the molecule is CCc1cccc(C(N)c2ccc(Br)o2)c1. The highest BCUT2D eigenvalue weighted by Gasteiger charge is 2.12. The van der Waals surface area contributed by atoms with Crippen LogP contribution < -0.4 is 5.73 Å². The highest BCUT2D eigenvalue weighted by molar-refractivity contribution is 9.10. The fraction of sp³-hybridized carbons (Fsp3) is 0.231. The summed E-state index contributed by atoms with van der Waals surface area (Å²) in [4.78, 5) is 0. The van der Waals surface area contributed by atoms with Crippen LogP contribution in [0.4, 0.5) is 0 Å². The van der Waals surface area contributed by atoms with Gasteiger partial charge in [0.15, 0.2) is 4.67 Å². The number of hydrogen-bond acceptors (Lipinski definition) is 2. The Kier molecular flexibility index (Phi) is 3.46. The standard InChI is InChI=1S/C13H14BrNO/c1-2-9-4-3-5-10(8-9)13(15)11-6-7-12(14)16-11/h3-8,13H,2,15H2,1H3. The smallest absolute Gasteiger partial charge is 0.169 e. The quantitative estimate of drug-likeness (QED) is 0.932. The Balaban J connectivity index is 2.29. The lowest BCUT2D eigenvalue weighted by molar-refractivity contribution is 0.470. The zero-order valence-electron chi connectivity index (χ0n) is 9.11. The predicted octanol–water partition coefficient (Wildman–Crippen LogP) is 3.65. The number of rotatable bonds is 3. The van der Waals surface area contributed by atoms with Crippen LogP contribution in [-0.4, -0.2) is 0 Å². The van der Waals surface area contributed by atoms with E-state index >= 15 is 0 Å². The maximum atomic E-state index is 6.14. The van der Waals surface area contributed by atoms with Gasteiger partial charge in [0.2, 0.25) is 0 Å². The maximum Gasteiger partial charge on any atom is 0.169 e. The first-order valence-corrected chi connectivity index (χ1v) is 6.09. The van der Waals surface area contributed by atoms with Gasteiger partial charge in [-0.05, 0) is 45.6 Å². The second-order valence-corrected chi connectivity index (χ2v) is 4.50. The molecule has 1 heterocycles. The summed E-state index contributed by atoms with van der Waals surface area (Å²) in [6.45, 7) is 2.13. The molecular formula is C13H14BrNO. The van der Waals surface area contributed by atoms with Crippen molar-refractivity contribution in [1.82, 2.24) is 0 Å². The van der Waals surface area contributed by atoms with Gasteiger partial charge in [-0.1, -0.05) is 31.2 Å². The lowest BCUT2D eigenvalue weighted by Gasteiger charge is -2.10. The molecule has 1 atom stereocenters. The van der Waals surface area contributed by atoms with Crippen LogP contribution >= 0.6 is 15.9 Å². The molecule has 0 radical (unpaired) electrons. The lowest BCUT2D eigenvalue weighted by atomic mass is 10.0. The Morgan fingerprint density at radius 3 is 2.75 bits per heavy atom. The normalized spacial score (nSPS) is 12.7. The third-order valence-corrected chi connectivity index (χ3v) is 3.05. The summed E-state index contributed by atoms with van der Waals surface area (Å²) in [5, 5.41) is 0. The van der Waals surface area contributed by atoms with Gasteiger partial charge in [-0.3, -0.25) is 0 Å². The van der Waals surface area contributed by atoms with Gasteiger partial charge in [0.05, 0.1) is 6.04 Å². The molecule has 0 aliphatic heterocycles. The summed E-state index contributed by atoms with van der Waals surface area (Å²) >= 11 is 3.28. The second-order valence-electron chi connectivity index (χ2n) is 3.72. The van der Waals surface area contributed by atoms with E-state index in [1.165, 1.54) is 5.56 Å². The lowest BCUT2D eigenvalue weighted by Crippen LogP contribution is -2.11. The molecule has 2 aromatic rings. The van der Waals surface area contributed by atoms with Crippen molar-refractivity contribution in [2.45, 2.75) is 19.4 Å². The molecule has 0 bridgehead atoms. The largest absolute Gasteiger partial charge is 0.452 e. The molecule has 0 fully saturated rings. The molecule has 0 saturated carbocycles. The third-order valence-electron chi connectivity index (χ3n) is 2.62. The van der Waals surface area contributed by atoms with Gasteiger partial charge in [-0.2, -0.15) is 0 Å². The Morgan fingerprint density at radius 2 is 2.12 bits per heavy atom. The van der Waals surface area contributed by atoms with Crippen LogP contribution in [0.2, 0.25) is 0 Å². The summed E-state index contributed by atoms with van der Waals surface area (Å²) < 4.78 is 6.18. The average Bonchev–Trinajstić information content (AvgIpc) is 2.75. The fourth-order valence-electron chi connectivity index (χ4n) is 1.67. The molecule has 16 heavy (non-hydrogen) atoms. The highest BCUT2D eigenvalue weighted by atomic mass is 79.9. The molecule has 1 unspecified atom stereocenters. The highest BCUT2D eigenvalue weighted by Crippen LogP contribution is 2.24. The van der Waals surface area contributed by atoms with Crippen LogP contribution in [0.5, 0.6) is 0 Å². The van der Waals surface area contributed by atoms with E-state index in [1.54, 1.807) is 0 Å². The molecular weight excluding hydrogens is 266 g/mol. The summed E-state index contributed by atoms with van der Waals surface area (Å²) in [7, 11) is 0. The first kappa shape index (κ1) is 11.4. The van der Waals surface area contributed by atoms with E-state index in [4.69, 9.17) is 10.2 Å². The molecule has 2 N–H and O–H groups in total. The van der Waals surface area contributed by atoms with Crippen molar-refractivity contribution >= 4 is 15.9 Å². The molecule has 0 aliphatic rings. The van der Waals surface area contributed by atoms with Crippen molar-refractivity contribution in [3.63, 3.8) is 0 Å². The zero-order chi connectivity index (χ0) is 11.5. The summed E-state index contributed by atoms with van der Waals surface area (Å²) in [6, 6.07) is 11.9. The topological polar surface area (TPSA) is 39.2 Å². The molecule has 84 valence electrons. The molecule has 0 aliphatic carbocycles. The number of hydrogen-bond donors (Lipinski definition) is 1. The van der Waals surface area contributed by atoms with Gasteiger partial charge in [0.1, 0.15) is 5.76 Å². The fourth-order valence-corrected chi connectivity index (χ4v) is 1.99. The number of nitrogens with two attached hydrogens (primary N) is 1. The molecule has 1 aromatic carbocycles. The third kappa shape index (κ3) is 2.36. The van der Waals surface area contributed by atoms with Crippen molar-refractivity contribution in [2.24, 2.45) is 5.73 Å². The van der Waals surface area contributed by atoms with Gasteiger partial charge in [0.25, 0.3) is 0 Å². The Bertz CT molecular complexity index is 478. The molecule has 2 nitrogen and oxygen atoms in total. The first-order valence-electron chi connectivity index (χ1n) is 5.30. The summed E-state index contributed by atoms with van der Waals surface area (Å²) in [5.41, 5.74) is 8.51. The van der Waals surface area contributed by atoms with Crippen molar-refractivity contribution in [2.75, 3.05) is 0 Å². The van der Waals surface area contributed by atoms with Gasteiger partial charge >= 0.3 is 0 Å². The minimum atomic E-state index is -0.196. The number of furan rings is 1. The molecule has 0 amide bonds. The molecule has 0 spiro atoms. The average molecular weight is 280 g/mol. The Morgan fingerprint density at radius 1 is 1.31 bits per heavy atom. The van der Waals surface area contributed by atoms with E-state index in [-0.39, 0.29) is 6.04 Å². The predicted molar refractivity (Wildman–Crippen MR) is 68.3 cm³/mol. The maximum absolute atomic E-state index is 6.14. The molecule has 3 heteroatoms. The summed E-state index contributed by atoms with van der Waals surface area (Å²) in [6.07, 6.45) is 1.02. The Labute approximate surface area is 104 Å². The van der Waals surface area contributed by atoms with Crippen LogP contribution in [0.15, 0.2) is 45.5 Å². The van der Waals surface area contributed by atoms with E-state index < -0.39 is 0 Å². The van der Waals surface area contributed by atoms with Gasteiger partial charge in [-0.25, -0.2) is 0 Å². The molecule has 2 rings (SSSR count). The zero-order valence-corrected chi connectivity index (χ0v) is 10.7. The van der Waals surface area contributed by atoms with Crippen molar-refractivity contribution in [3.8, 4) is 0 Å².